The van der Waals surface area contributed by atoms with Crippen molar-refractivity contribution in [1.82, 2.24) is 5.32 Å². The minimum atomic E-state index is -0.152. The highest BCUT2D eigenvalue weighted by Gasteiger charge is 2.12. The molecule has 150 valence electrons. The summed E-state index contributed by atoms with van der Waals surface area (Å²) in [6, 6.07) is 11.3. The highest BCUT2D eigenvalue weighted by molar-refractivity contribution is 7.98. The van der Waals surface area contributed by atoms with Crippen LogP contribution < -0.4 is 19.5 Å². The van der Waals surface area contributed by atoms with E-state index < -0.39 is 0 Å². The molecule has 0 bridgehead atoms. The molecule has 0 atom stereocenters. The molecule has 7 heteroatoms. The fraction of sp³-hybridized carbons (Fsp3) is 0.286. The van der Waals surface area contributed by atoms with E-state index in [0.717, 1.165) is 22.1 Å². The fourth-order valence-corrected chi connectivity index (χ4v) is 3.39. The smallest absolute Gasteiger partial charge is 0.244 e. The van der Waals surface area contributed by atoms with E-state index in [1.54, 1.807) is 51.3 Å². The van der Waals surface area contributed by atoms with E-state index in [1.807, 2.05) is 24.3 Å². The van der Waals surface area contributed by atoms with E-state index in [-0.39, 0.29) is 5.91 Å². The molecule has 1 amide bonds. The van der Waals surface area contributed by atoms with Gasteiger partial charge in [0.05, 0.1) is 21.3 Å². The first kappa shape index (κ1) is 22.0. The van der Waals surface area contributed by atoms with Crippen molar-refractivity contribution in [3.8, 4) is 17.2 Å². The van der Waals surface area contributed by atoms with Crippen LogP contribution in [-0.4, -0.2) is 39.5 Å². The van der Waals surface area contributed by atoms with Gasteiger partial charge in [0, 0.05) is 29.1 Å². The molecule has 2 rings (SSSR count). The number of methoxy groups -OCH3 is 3. The van der Waals surface area contributed by atoms with Crippen LogP contribution in [0.25, 0.3) is 6.08 Å². The lowest BCUT2D eigenvalue weighted by atomic mass is 10.1. The third-order valence-corrected chi connectivity index (χ3v) is 5.12. The number of benzene rings is 2. The normalized spacial score (nSPS) is 10.7. The minimum Gasteiger partial charge on any atom is -0.493 e. The molecule has 5 nitrogen and oxygen atoms in total. The SMILES string of the molecule is COc1cc(/C=C/C(=O)NCCSCc2ccc(Cl)cc2)cc(OC)c1OC. The van der Waals surface area contributed by atoms with Gasteiger partial charge in [-0.1, -0.05) is 23.7 Å². The summed E-state index contributed by atoms with van der Waals surface area (Å²) in [5.74, 6) is 3.16. The van der Waals surface area contributed by atoms with Gasteiger partial charge in [-0.25, -0.2) is 0 Å². The Morgan fingerprint density at radius 1 is 1.07 bits per heavy atom. The molecule has 2 aromatic carbocycles. The summed E-state index contributed by atoms with van der Waals surface area (Å²) in [4.78, 5) is 12.0. The first-order valence-corrected chi connectivity index (χ1v) is 10.2. The highest BCUT2D eigenvalue weighted by Crippen LogP contribution is 2.38. The number of ether oxygens (including phenoxy) is 3. The van der Waals surface area contributed by atoms with E-state index in [2.05, 4.69) is 5.32 Å². The zero-order valence-corrected chi connectivity index (χ0v) is 17.7. The number of amides is 1. The van der Waals surface area contributed by atoms with Crippen molar-refractivity contribution in [2.24, 2.45) is 0 Å². The number of nitrogens with one attached hydrogen (secondary N) is 1. The largest absolute Gasteiger partial charge is 0.493 e. The number of carbonyl (C=O) groups excluding carboxylic acids is 1. The van der Waals surface area contributed by atoms with Crippen LogP contribution >= 0.6 is 23.4 Å². The van der Waals surface area contributed by atoms with Gasteiger partial charge in [-0.3, -0.25) is 4.79 Å². The predicted molar refractivity (Wildman–Crippen MR) is 116 cm³/mol. The van der Waals surface area contributed by atoms with Crippen LogP contribution in [0.3, 0.4) is 0 Å². The van der Waals surface area contributed by atoms with Crippen LogP contribution in [0, 0.1) is 0 Å². The average Bonchev–Trinajstić information content (AvgIpc) is 2.72. The Morgan fingerprint density at radius 3 is 2.29 bits per heavy atom. The molecule has 1 N–H and O–H groups in total. The maximum Gasteiger partial charge on any atom is 0.244 e. The Hall–Kier alpha value is -2.31. The Kier molecular flexibility index (Phi) is 9.04. The first-order chi connectivity index (χ1) is 13.6. The standard InChI is InChI=1S/C21H24ClNO4S/c1-25-18-12-16(13-19(26-2)21(18)27-3)6-9-20(24)23-10-11-28-14-15-4-7-17(22)8-5-15/h4-9,12-13H,10-11,14H2,1-3H3,(H,23,24)/b9-6+. The summed E-state index contributed by atoms with van der Waals surface area (Å²) in [5.41, 5.74) is 1.99. The molecule has 0 aliphatic heterocycles. The van der Waals surface area contributed by atoms with Gasteiger partial charge in [-0.05, 0) is 41.5 Å². The zero-order chi connectivity index (χ0) is 20.4. The highest BCUT2D eigenvalue weighted by atomic mass is 35.5. The first-order valence-electron chi connectivity index (χ1n) is 8.65. The molecule has 0 aliphatic rings. The van der Waals surface area contributed by atoms with Crippen molar-refractivity contribution in [3.63, 3.8) is 0 Å². The summed E-state index contributed by atoms with van der Waals surface area (Å²) < 4.78 is 15.9. The molecule has 0 unspecified atom stereocenters. The van der Waals surface area contributed by atoms with Gasteiger partial charge in [0.25, 0.3) is 0 Å². The van der Waals surface area contributed by atoms with Crippen LogP contribution in [0.15, 0.2) is 42.5 Å². The summed E-state index contributed by atoms with van der Waals surface area (Å²) in [6.07, 6.45) is 3.20. The van der Waals surface area contributed by atoms with Gasteiger partial charge < -0.3 is 19.5 Å². The molecular formula is C21H24ClNO4S. The van der Waals surface area contributed by atoms with Gasteiger partial charge in [-0.2, -0.15) is 11.8 Å². The second-order valence-corrected chi connectivity index (χ2v) is 7.30. The third-order valence-electron chi connectivity index (χ3n) is 3.84. The molecule has 0 aliphatic carbocycles. The summed E-state index contributed by atoms with van der Waals surface area (Å²) in [6.45, 7) is 0.594. The molecule has 0 aromatic heterocycles. The van der Waals surface area contributed by atoms with E-state index in [4.69, 9.17) is 25.8 Å². The zero-order valence-electron chi connectivity index (χ0n) is 16.2. The van der Waals surface area contributed by atoms with Gasteiger partial charge in [0.1, 0.15) is 0 Å². The number of hydrogen-bond donors (Lipinski definition) is 1. The minimum absolute atomic E-state index is 0.152. The van der Waals surface area contributed by atoms with Gasteiger partial charge in [-0.15, -0.1) is 0 Å². The van der Waals surface area contributed by atoms with Crippen LogP contribution in [0.4, 0.5) is 0 Å². The molecule has 0 heterocycles. The van der Waals surface area contributed by atoms with Crippen LogP contribution in [0.1, 0.15) is 11.1 Å². The van der Waals surface area contributed by atoms with Crippen molar-refractivity contribution in [1.29, 1.82) is 0 Å². The lowest BCUT2D eigenvalue weighted by molar-refractivity contribution is -0.116. The molecule has 2 aromatic rings. The summed E-state index contributed by atoms with van der Waals surface area (Å²) >= 11 is 7.63. The van der Waals surface area contributed by atoms with Gasteiger partial charge in [0.2, 0.25) is 11.7 Å². The van der Waals surface area contributed by atoms with Crippen molar-refractivity contribution < 1.29 is 19.0 Å². The summed E-state index contributed by atoms with van der Waals surface area (Å²) in [7, 11) is 4.66. The Bertz CT molecular complexity index is 784. The van der Waals surface area contributed by atoms with Crippen LogP contribution in [0.5, 0.6) is 17.2 Å². The molecule has 28 heavy (non-hydrogen) atoms. The number of rotatable bonds is 10. The van der Waals surface area contributed by atoms with E-state index in [1.165, 1.54) is 11.6 Å². The number of carbonyl (C=O) groups is 1. The topological polar surface area (TPSA) is 56.8 Å². The lowest BCUT2D eigenvalue weighted by Gasteiger charge is -2.12. The van der Waals surface area contributed by atoms with Crippen LogP contribution in [0.2, 0.25) is 5.02 Å². The van der Waals surface area contributed by atoms with Crippen molar-refractivity contribution in [3.05, 3.63) is 58.6 Å². The van der Waals surface area contributed by atoms with Crippen molar-refractivity contribution in [2.75, 3.05) is 33.6 Å². The van der Waals surface area contributed by atoms with E-state index >= 15 is 0 Å². The lowest BCUT2D eigenvalue weighted by Crippen LogP contribution is -2.23. The van der Waals surface area contributed by atoms with E-state index in [0.29, 0.717) is 23.8 Å². The van der Waals surface area contributed by atoms with Crippen molar-refractivity contribution >= 4 is 35.3 Å². The third kappa shape index (κ3) is 6.69. The van der Waals surface area contributed by atoms with Gasteiger partial charge >= 0.3 is 0 Å². The second kappa shape index (κ2) is 11.5. The molecule has 0 saturated carbocycles. The quantitative estimate of drug-likeness (QED) is 0.454. The summed E-state index contributed by atoms with van der Waals surface area (Å²) in [5, 5.41) is 3.61. The fourth-order valence-electron chi connectivity index (χ4n) is 2.45. The molecule has 0 spiro atoms. The Labute approximate surface area is 175 Å². The molecule has 0 radical (unpaired) electrons. The number of hydrogen-bond acceptors (Lipinski definition) is 5. The predicted octanol–water partition coefficient (Wildman–Crippen LogP) is 4.43. The van der Waals surface area contributed by atoms with E-state index in [9.17, 15) is 4.79 Å². The maximum absolute atomic E-state index is 12.0. The average molecular weight is 422 g/mol. The van der Waals surface area contributed by atoms with Crippen molar-refractivity contribution in [2.45, 2.75) is 5.75 Å². The Balaban J connectivity index is 1.80. The molecular weight excluding hydrogens is 398 g/mol. The number of thioether (sulfide) groups is 1. The molecule has 0 saturated heterocycles. The molecule has 0 fully saturated rings. The number of halogens is 1. The second-order valence-electron chi connectivity index (χ2n) is 5.76. The van der Waals surface area contributed by atoms with Gasteiger partial charge in [0.15, 0.2) is 11.5 Å². The maximum atomic E-state index is 12.0. The van der Waals surface area contributed by atoms with Crippen LogP contribution in [-0.2, 0) is 10.5 Å². The Morgan fingerprint density at radius 2 is 1.71 bits per heavy atom. The monoisotopic (exact) mass is 421 g/mol.